The second kappa shape index (κ2) is 9.11. The van der Waals surface area contributed by atoms with Crippen LogP contribution < -0.4 is 5.32 Å². The minimum atomic E-state index is -0.381. The Morgan fingerprint density at radius 3 is 2.74 bits per heavy atom. The SMILES string of the molecule is Cc1ccc(F)cc1C(=O)NCCCN1CCN(C)CC1c1ccccc1. The summed E-state index contributed by atoms with van der Waals surface area (Å²) in [6.07, 6.45) is 0.868. The number of benzene rings is 2. The predicted octanol–water partition coefficient (Wildman–Crippen LogP) is 3.24. The van der Waals surface area contributed by atoms with Gasteiger partial charge in [0.2, 0.25) is 0 Å². The number of carbonyl (C=O) groups is 1. The van der Waals surface area contributed by atoms with Crippen molar-refractivity contribution in [3.05, 3.63) is 71.0 Å². The summed E-state index contributed by atoms with van der Waals surface area (Å²) in [6.45, 7) is 6.42. The van der Waals surface area contributed by atoms with E-state index in [0.29, 0.717) is 18.2 Å². The summed E-state index contributed by atoms with van der Waals surface area (Å²) in [7, 11) is 2.16. The molecule has 0 aliphatic carbocycles. The third-order valence-electron chi connectivity index (χ3n) is 5.23. The van der Waals surface area contributed by atoms with Crippen LogP contribution in [0.5, 0.6) is 0 Å². The summed E-state index contributed by atoms with van der Waals surface area (Å²) in [5.41, 5.74) is 2.54. The molecule has 0 saturated carbocycles. The van der Waals surface area contributed by atoms with Gasteiger partial charge < -0.3 is 10.2 Å². The molecule has 5 heteroatoms. The molecular formula is C22H28FN3O. The minimum absolute atomic E-state index is 0.204. The largest absolute Gasteiger partial charge is 0.352 e. The molecule has 3 rings (SSSR count). The predicted molar refractivity (Wildman–Crippen MR) is 106 cm³/mol. The topological polar surface area (TPSA) is 35.6 Å². The number of carbonyl (C=O) groups excluding carboxylic acids is 1. The lowest BCUT2D eigenvalue weighted by Gasteiger charge is -2.40. The Morgan fingerprint density at radius 2 is 1.96 bits per heavy atom. The van der Waals surface area contributed by atoms with Gasteiger partial charge in [0.1, 0.15) is 5.82 Å². The molecule has 144 valence electrons. The van der Waals surface area contributed by atoms with Gasteiger partial charge in [0.05, 0.1) is 0 Å². The molecule has 1 aliphatic rings. The number of halogens is 1. The van der Waals surface area contributed by atoms with Crippen molar-refractivity contribution >= 4 is 5.91 Å². The molecule has 27 heavy (non-hydrogen) atoms. The summed E-state index contributed by atoms with van der Waals surface area (Å²) in [4.78, 5) is 17.2. The van der Waals surface area contributed by atoms with Gasteiger partial charge in [0, 0.05) is 44.3 Å². The molecule has 1 aliphatic heterocycles. The Balaban J connectivity index is 1.53. The number of hydrogen-bond donors (Lipinski definition) is 1. The maximum absolute atomic E-state index is 13.4. The smallest absolute Gasteiger partial charge is 0.251 e. The van der Waals surface area contributed by atoms with Gasteiger partial charge in [-0.25, -0.2) is 4.39 Å². The monoisotopic (exact) mass is 369 g/mol. The lowest BCUT2D eigenvalue weighted by molar-refractivity contribution is 0.0865. The number of piperazine rings is 1. The molecule has 1 atom stereocenters. The van der Waals surface area contributed by atoms with Crippen molar-refractivity contribution in [2.75, 3.05) is 39.8 Å². The standard InChI is InChI=1S/C22H28FN3O/c1-17-9-10-19(23)15-20(17)22(27)24-11-6-12-26-14-13-25(2)16-21(26)18-7-4-3-5-8-18/h3-5,7-10,15,21H,6,11-14,16H2,1-2H3,(H,24,27). The molecule has 1 saturated heterocycles. The number of nitrogens with one attached hydrogen (secondary N) is 1. The Kier molecular flexibility index (Phi) is 6.58. The van der Waals surface area contributed by atoms with E-state index in [2.05, 4.69) is 46.4 Å². The molecule has 1 heterocycles. The van der Waals surface area contributed by atoms with Crippen molar-refractivity contribution < 1.29 is 9.18 Å². The molecule has 2 aromatic carbocycles. The Bertz CT molecular complexity index is 765. The normalized spacial score (nSPS) is 18.4. The number of rotatable bonds is 6. The van der Waals surface area contributed by atoms with Crippen molar-refractivity contribution in [1.29, 1.82) is 0 Å². The first kappa shape index (κ1) is 19.5. The van der Waals surface area contributed by atoms with E-state index in [0.717, 1.165) is 38.2 Å². The number of amides is 1. The molecule has 4 nitrogen and oxygen atoms in total. The maximum atomic E-state index is 13.4. The van der Waals surface area contributed by atoms with Gasteiger partial charge in [-0.3, -0.25) is 9.69 Å². The van der Waals surface area contributed by atoms with Crippen LogP contribution in [0.1, 0.15) is 33.9 Å². The third kappa shape index (κ3) is 5.15. The Morgan fingerprint density at radius 1 is 1.19 bits per heavy atom. The van der Waals surface area contributed by atoms with Crippen LogP contribution in [0.2, 0.25) is 0 Å². The third-order valence-corrected chi connectivity index (χ3v) is 5.23. The number of hydrogen-bond acceptors (Lipinski definition) is 3. The van der Waals surface area contributed by atoms with E-state index >= 15 is 0 Å². The van der Waals surface area contributed by atoms with Crippen LogP contribution in [-0.2, 0) is 0 Å². The van der Waals surface area contributed by atoms with Crippen LogP contribution in [0.4, 0.5) is 4.39 Å². The number of aryl methyl sites for hydroxylation is 1. The highest BCUT2D eigenvalue weighted by Gasteiger charge is 2.25. The van der Waals surface area contributed by atoms with E-state index in [1.165, 1.54) is 17.7 Å². The Labute approximate surface area is 161 Å². The van der Waals surface area contributed by atoms with Crippen molar-refractivity contribution in [3.8, 4) is 0 Å². The molecular weight excluding hydrogens is 341 g/mol. The van der Waals surface area contributed by atoms with Gasteiger partial charge in [-0.15, -0.1) is 0 Å². The average Bonchev–Trinajstić information content (AvgIpc) is 2.68. The fourth-order valence-electron chi connectivity index (χ4n) is 3.63. The summed E-state index contributed by atoms with van der Waals surface area (Å²) < 4.78 is 13.4. The molecule has 0 radical (unpaired) electrons. The first-order valence-corrected chi connectivity index (χ1v) is 9.56. The lowest BCUT2D eigenvalue weighted by atomic mass is 10.0. The van der Waals surface area contributed by atoms with Gasteiger partial charge in [0.15, 0.2) is 0 Å². The van der Waals surface area contributed by atoms with E-state index in [4.69, 9.17) is 0 Å². The molecule has 2 aromatic rings. The molecule has 0 aromatic heterocycles. The quantitative estimate of drug-likeness (QED) is 0.794. The highest BCUT2D eigenvalue weighted by atomic mass is 19.1. The van der Waals surface area contributed by atoms with Gasteiger partial charge in [-0.2, -0.15) is 0 Å². The molecule has 0 bridgehead atoms. The van der Waals surface area contributed by atoms with Crippen molar-refractivity contribution in [1.82, 2.24) is 15.1 Å². The fourth-order valence-corrected chi connectivity index (χ4v) is 3.63. The van der Waals surface area contributed by atoms with E-state index in [1.807, 2.05) is 13.0 Å². The highest BCUT2D eigenvalue weighted by Crippen LogP contribution is 2.24. The number of likely N-dealkylation sites (N-methyl/N-ethyl adjacent to an activating group) is 1. The van der Waals surface area contributed by atoms with Crippen LogP contribution in [0.25, 0.3) is 0 Å². The molecule has 1 amide bonds. The van der Waals surface area contributed by atoms with Gasteiger partial charge in [-0.05, 0) is 43.7 Å². The van der Waals surface area contributed by atoms with Crippen LogP contribution in [0.15, 0.2) is 48.5 Å². The maximum Gasteiger partial charge on any atom is 0.251 e. The second-order valence-electron chi connectivity index (χ2n) is 7.29. The number of nitrogens with zero attached hydrogens (tertiary/aromatic N) is 2. The zero-order chi connectivity index (χ0) is 19.2. The summed E-state index contributed by atoms with van der Waals surface area (Å²) >= 11 is 0. The van der Waals surface area contributed by atoms with Gasteiger partial charge >= 0.3 is 0 Å². The molecule has 1 N–H and O–H groups in total. The van der Waals surface area contributed by atoms with Crippen LogP contribution in [0, 0.1) is 12.7 Å². The van der Waals surface area contributed by atoms with Crippen LogP contribution in [-0.4, -0.2) is 55.5 Å². The lowest BCUT2D eigenvalue weighted by Crippen LogP contribution is -2.47. The van der Waals surface area contributed by atoms with E-state index in [-0.39, 0.29) is 11.7 Å². The van der Waals surface area contributed by atoms with E-state index in [1.54, 1.807) is 6.07 Å². The van der Waals surface area contributed by atoms with Gasteiger partial charge in [-0.1, -0.05) is 36.4 Å². The zero-order valence-corrected chi connectivity index (χ0v) is 16.1. The summed E-state index contributed by atoms with van der Waals surface area (Å²) in [6, 6.07) is 15.3. The second-order valence-corrected chi connectivity index (χ2v) is 7.29. The first-order valence-electron chi connectivity index (χ1n) is 9.56. The summed E-state index contributed by atoms with van der Waals surface area (Å²) in [5.74, 6) is -0.584. The van der Waals surface area contributed by atoms with Crippen LogP contribution in [0.3, 0.4) is 0 Å². The Hall–Kier alpha value is -2.24. The van der Waals surface area contributed by atoms with Gasteiger partial charge in [0.25, 0.3) is 5.91 Å². The van der Waals surface area contributed by atoms with Crippen molar-refractivity contribution in [3.63, 3.8) is 0 Å². The minimum Gasteiger partial charge on any atom is -0.352 e. The fraction of sp³-hybridized carbons (Fsp3) is 0.409. The van der Waals surface area contributed by atoms with E-state index in [9.17, 15) is 9.18 Å². The van der Waals surface area contributed by atoms with E-state index < -0.39 is 0 Å². The van der Waals surface area contributed by atoms with Crippen LogP contribution >= 0.6 is 0 Å². The first-order chi connectivity index (χ1) is 13.0. The highest BCUT2D eigenvalue weighted by molar-refractivity contribution is 5.95. The zero-order valence-electron chi connectivity index (χ0n) is 16.1. The summed E-state index contributed by atoms with van der Waals surface area (Å²) in [5, 5.41) is 2.93. The average molecular weight is 369 g/mol. The molecule has 0 spiro atoms. The van der Waals surface area contributed by atoms with Crippen molar-refractivity contribution in [2.24, 2.45) is 0 Å². The molecule has 1 unspecified atom stereocenters. The molecule has 1 fully saturated rings. The van der Waals surface area contributed by atoms with Crippen molar-refractivity contribution in [2.45, 2.75) is 19.4 Å².